The van der Waals surface area contributed by atoms with E-state index in [1.54, 1.807) is 11.3 Å². The zero-order valence-electron chi connectivity index (χ0n) is 10.5. The molecule has 1 unspecified atom stereocenters. The van der Waals surface area contributed by atoms with Gasteiger partial charge in [0.2, 0.25) is 0 Å². The number of nitrogens with zero attached hydrogens (tertiary/aromatic N) is 3. The van der Waals surface area contributed by atoms with E-state index in [1.807, 2.05) is 6.20 Å². The number of rotatable bonds is 4. The van der Waals surface area contributed by atoms with Crippen LogP contribution in [0.4, 0.5) is 5.13 Å². The van der Waals surface area contributed by atoms with Crippen LogP contribution in [0.1, 0.15) is 17.7 Å². The molecule has 0 saturated carbocycles. The highest BCUT2D eigenvalue weighted by molar-refractivity contribution is 7.15. The summed E-state index contributed by atoms with van der Waals surface area (Å²) in [6.07, 6.45) is 4.50. The third-order valence-corrected chi connectivity index (χ3v) is 4.18. The van der Waals surface area contributed by atoms with E-state index in [4.69, 9.17) is 5.84 Å². The van der Waals surface area contributed by atoms with E-state index >= 15 is 0 Å². The standard InChI is InChI=1S/C11H21N5S/c1-15(2)9-4-3-5-16(7-9)8-10-6-13-11(14-12)17-10/h6,9H,3-5,7-8,12H2,1-2H3,(H,13,14). The number of hydrazine groups is 1. The Morgan fingerprint density at radius 2 is 2.47 bits per heavy atom. The SMILES string of the molecule is CN(C)C1CCCN(Cc2cnc(NN)s2)C1. The Hall–Kier alpha value is -0.690. The minimum atomic E-state index is 0.684. The van der Waals surface area contributed by atoms with Gasteiger partial charge in [0, 0.05) is 30.2 Å². The maximum atomic E-state index is 5.34. The molecule has 0 aliphatic carbocycles. The maximum absolute atomic E-state index is 5.34. The van der Waals surface area contributed by atoms with E-state index in [9.17, 15) is 0 Å². The van der Waals surface area contributed by atoms with Gasteiger partial charge in [-0.1, -0.05) is 11.3 Å². The Balaban J connectivity index is 1.90. The lowest BCUT2D eigenvalue weighted by atomic mass is 10.1. The van der Waals surface area contributed by atoms with Gasteiger partial charge in [0.05, 0.1) is 0 Å². The first-order valence-corrected chi connectivity index (χ1v) is 6.81. The number of likely N-dealkylation sites (tertiary alicyclic amines) is 1. The molecule has 3 N–H and O–H groups in total. The average Bonchev–Trinajstić information content (AvgIpc) is 2.77. The lowest BCUT2D eigenvalue weighted by Crippen LogP contribution is -2.44. The van der Waals surface area contributed by atoms with Crippen LogP contribution in [0.5, 0.6) is 0 Å². The molecule has 1 fully saturated rings. The molecule has 1 aromatic heterocycles. The molecule has 0 spiro atoms. The number of piperidine rings is 1. The Morgan fingerprint density at radius 1 is 1.65 bits per heavy atom. The number of nitrogens with two attached hydrogens (primary N) is 1. The molecule has 0 bridgehead atoms. The molecule has 0 radical (unpaired) electrons. The molecule has 0 aromatic carbocycles. The fourth-order valence-electron chi connectivity index (χ4n) is 2.26. The largest absolute Gasteiger partial charge is 0.305 e. The van der Waals surface area contributed by atoms with Crippen molar-refractivity contribution in [2.45, 2.75) is 25.4 Å². The van der Waals surface area contributed by atoms with E-state index in [-0.39, 0.29) is 0 Å². The number of hydrogen-bond acceptors (Lipinski definition) is 6. The summed E-state index contributed by atoms with van der Waals surface area (Å²) in [6.45, 7) is 3.33. The lowest BCUT2D eigenvalue weighted by Gasteiger charge is -2.35. The van der Waals surface area contributed by atoms with Gasteiger partial charge in [-0.25, -0.2) is 10.8 Å². The van der Waals surface area contributed by atoms with E-state index < -0.39 is 0 Å². The number of hydrogen-bond donors (Lipinski definition) is 2. The fourth-order valence-corrected chi connectivity index (χ4v) is 3.03. The molecule has 1 aliphatic heterocycles. The first-order chi connectivity index (χ1) is 8.19. The second kappa shape index (κ2) is 5.77. The molecule has 1 saturated heterocycles. The van der Waals surface area contributed by atoms with Crippen molar-refractivity contribution in [3.8, 4) is 0 Å². The molecule has 2 rings (SSSR count). The average molecular weight is 255 g/mol. The van der Waals surface area contributed by atoms with Gasteiger partial charge in [0.15, 0.2) is 5.13 Å². The Kier molecular flexibility index (Phi) is 4.33. The van der Waals surface area contributed by atoms with Crippen molar-refractivity contribution in [3.63, 3.8) is 0 Å². The fraction of sp³-hybridized carbons (Fsp3) is 0.727. The molecule has 2 heterocycles. The molecule has 5 nitrogen and oxygen atoms in total. The van der Waals surface area contributed by atoms with Crippen molar-refractivity contribution in [2.24, 2.45) is 5.84 Å². The second-order valence-electron chi connectivity index (χ2n) is 4.77. The summed E-state index contributed by atoms with van der Waals surface area (Å²) in [5.74, 6) is 5.34. The van der Waals surface area contributed by atoms with Crippen LogP contribution < -0.4 is 11.3 Å². The van der Waals surface area contributed by atoms with Crippen molar-refractivity contribution in [3.05, 3.63) is 11.1 Å². The molecule has 17 heavy (non-hydrogen) atoms. The van der Waals surface area contributed by atoms with Crippen molar-refractivity contribution in [2.75, 3.05) is 32.6 Å². The number of anilines is 1. The van der Waals surface area contributed by atoms with Crippen LogP contribution >= 0.6 is 11.3 Å². The number of nitrogens with one attached hydrogen (secondary N) is 1. The number of likely N-dealkylation sites (N-methyl/N-ethyl adjacent to an activating group) is 1. The first kappa shape index (κ1) is 12.8. The van der Waals surface area contributed by atoms with E-state index in [0.717, 1.165) is 18.2 Å². The van der Waals surface area contributed by atoms with Crippen LogP contribution in [-0.4, -0.2) is 48.0 Å². The Morgan fingerprint density at radius 3 is 3.12 bits per heavy atom. The van der Waals surface area contributed by atoms with Crippen LogP contribution in [0.2, 0.25) is 0 Å². The predicted octanol–water partition coefficient (Wildman–Crippen LogP) is 0.955. The summed E-state index contributed by atoms with van der Waals surface area (Å²) in [6, 6.07) is 0.684. The summed E-state index contributed by atoms with van der Waals surface area (Å²) < 4.78 is 0. The summed E-state index contributed by atoms with van der Waals surface area (Å²) in [5.41, 5.74) is 2.59. The molecular formula is C11H21N5S. The van der Waals surface area contributed by atoms with Gasteiger partial charge < -0.3 is 4.90 Å². The van der Waals surface area contributed by atoms with Gasteiger partial charge in [-0.15, -0.1) is 0 Å². The Labute approximate surface area is 107 Å². The van der Waals surface area contributed by atoms with E-state index in [2.05, 4.69) is 34.3 Å². The van der Waals surface area contributed by atoms with Crippen molar-refractivity contribution >= 4 is 16.5 Å². The highest BCUT2D eigenvalue weighted by Gasteiger charge is 2.21. The van der Waals surface area contributed by atoms with Crippen molar-refractivity contribution in [1.82, 2.24) is 14.8 Å². The topological polar surface area (TPSA) is 57.4 Å². The first-order valence-electron chi connectivity index (χ1n) is 5.99. The third kappa shape index (κ3) is 3.38. The van der Waals surface area contributed by atoms with Crippen LogP contribution in [0.15, 0.2) is 6.20 Å². The van der Waals surface area contributed by atoms with Crippen molar-refractivity contribution in [1.29, 1.82) is 0 Å². The second-order valence-corrected chi connectivity index (χ2v) is 5.89. The molecule has 96 valence electrons. The van der Waals surface area contributed by atoms with Crippen LogP contribution in [0.25, 0.3) is 0 Å². The molecule has 0 amide bonds. The maximum Gasteiger partial charge on any atom is 0.197 e. The van der Waals surface area contributed by atoms with E-state index in [0.29, 0.717) is 6.04 Å². The highest BCUT2D eigenvalue weighted by atomic mass is 32.1. The number of thiazole rings is 1. The lowest BCUT2D eigenvalue weighted by molar-refractivity contribution is 0.128. The van der Waals surface area contributed by atoms with Gasteiger partial charge >= 0.3 is 0 Å². The monoisotopic (exact) mass is 255 g/mol. The summed E-state index contributed by atoms with van der Waals surface area (Å²) in [7, 11) is 4.33. The molecule has 6 heteroatoms. The van der Waals surface area contributed by atoms with Crippen LogP contribution in [-0.2, 0) is 6.54 Å². The zero-order valence-corrected chi connectivity index (χ0v) is 11.3. The predicted molar refractivity (Wildman–Crippen MR) is 71.9 cm³/mol. The summed E-state index contributed by atoms with van der Waals surface area (Å²) in [5, 5.41) is 0.793. The van der Waals surface area contributed by atoms with Gasteiger partial charge in [-0.3, -0.25) is 10.3 Å². The summed E-state index contributed by atoms with van der Waals surface area (Å²) in [4.78, 5) is 10.3. The van der Waals surface area contributed by atoms with Gasteiger partial charge in [0.25, 0.3) is 0 Å². The minimum absolute atomic E-state index is 0.684. The van der Waals surface area contributed by atoms with E-state index in [1.165, 1.54) is 24.3 Å². The highest BCUT2D eigenvalue weighted by Crippen LogP contribution is 2.21. The van der Waals surface area contributed by atoms with Crippen molar-refractivity contribution < 1.29 is 0 Å². The van der Waals surface area contributed by atoms with Crippen LogP contribution in [0.3, 0.4) is 0 Å². The normalized spacial score (nSPS) is 22.0. The van der Waals surface area contributed by atoms with Gasteiger partial charge in [-0.05, 0) is 33.5 Å². The quantitative estimate of drug-likeness (QED) is 0.620. The van der Waals surface area contributed by atoms with Gasteiger partial charge in [0.1, 0.15) is 0 Å². The third-order valence-electron chi connectivity index (χ3n) is 3.27. The molecular weight excluding hydrogens is 234 g/mol. The zero-order chi connectivity index (χ0) is 12.3. The Bertz CT molecular complexity index is 351. The van der Waals surface area contributed by atoms with Crippen LogP contribution in [0, 0.1) is 0 Å². The smallest absolute Gasteiger partial charge is 0.197 e. The molecule has 1 atom stereocenters. The molecule has 1 aliphatic rings. The summed E-state index contributed by atoms with van der Waals surface area (Å²) >= 11 is 1.63. The minimum Gasteiger partial charge on any atom is -0.305 e. The number of nitrogen functional groups attached to an aromatic ring is 1. The number of aromatic nitrogens is 1. The molecule has 1 aromatic rings. The van der Waals surface area contributed by atoms with Gasteiger partial charge in [-0.2, -0.15) is 0 Å².